The number of rotatable bonds is 6. The summed E-state index contributed by atoms with van der Waals surface area (Å²) in [5.74, 6) is -1.14. The number of nitrogens with zero attached hydrogens (tertiary/aromatic N) is 1. The molecule has 1 amide bonds. The van der Waals surface area contributed by atoms with Crippen LogP contribution in [0.2, 0.25) is 5.02 Å². The molecule has 0 atom stereocenters. The Bertz CT molecular complexity index is 1030. The van der Waals surface area contributed by atoms with Crippen LogP contribution in [0.4, 0.5) is 5.69 Å². The Morgan fingerprint density at radius 2 is 1.73 bits per heavy atom. The zero-order valence-electron chi connectivity index (χ0n) is 16.3. The van der Waals surface area contributed by atoms with E-state index >= 15 is 0 Å². The lowest BCUT2D eigenvalue weighted by Crippen LogP contribution is -2.41. The minimum absolute atomic E-state index is 0.151. The zero-order valence-corrected chi connectivity index (χ0v) is 17.8. The Balaban J connectivity index is 1.69. The van der Waals surface area contributed by atoms with Crippen molar-refractivity contribution in [2.45, 2.75) is 5.75 Å². The number of halogens is 1. The van der Waals surface area contributed by atoms with E-state index in [0.717, 1.165) is 0 Å². The predicted octanol–water partition coefficient (Wildman–Crippen LogP) is 2.54. The van der Waals surface area contributed by atoms with E-state index in [9.17, 15) is 18.0 Å². The molecule has 0 aliphatic carbocycles. The Morgan fingerprint density at radius 1 is 1.10 bits per heavy atom. The monoisotopic (exact) mass is 452 g/mol. The number of sulfonamides is 1. The molecule has 1 heterocycles. The van der Waals surface area contributed by atoms with E-state index in [1.807, 2.05) is 0 Å². The molecule has 2 aromatic rings. The summed E-state index contributed by atoms with van der Waals surface area (Å²) in [6.45, 7) is 1.46. The third-order valence-electron chi connectivity index (χ3n) is 4.56. The van der Waals surface area contributed by atoms with Crippen LogP contribution in [-0.2, 0) is 25.2 Å². The van der Waals surface area contributed by atoms with Crippen molar-refractivity contribution in [3.05, 3.63) is 64.2 Å². The number of esters is 1. The standard InChI is InChI=1S/C20H21ClN2O6S/c1-28-20(25)16-6-7-17(21)18(12-16)22-19(24)15-4-2-14(3-5-15)13-30(26,27)23-8-10-29-11-9-23/h2-7,12H,8-11,13H2,1H3,(H,22,24). The number of methoxy groups -OCH3 is 1. The Kier molecular flexibility index (Phi) is 7.09. The van der Waals surface area contributed by atoms with Crippen LogP contribution in [0.25, 0.3) is 0 Å². The summed E-state index contributed by atoms with van der Waals surface area (Å²) in [4.78, 5) is 24.2. The van der Waals surface area contributed by atoms with Gasteiger partial charge in [-0.2, -0.15) is 4.31 Å². The van der Waals surface area contributed by atoms with Crippen molar-refractivity contribution in [1.82, 2.24) is 4.31 Å². The van der Waals surface area contributed by atoms with Crippen molar-refractivity contribution in [2.75, 3.05) is 38.7 Å². The fourth-order valence-electron chi connectivity index (χ4n) is 2.94. The highest BCUT2D eigenvalue weighted by Crippen LogP contribution is 2.24. The maximum absolute atomic E-state index is 12.5. The van der Waals surface area contributed by atoms with Crippen molar-refractivity contribution in [3.8, 4) is 0 Å². The highest BCUT2D eigenvalue weighted by atomic mass is 35.5. The van der Waals surface area contributed by atoms with Gasteiger partial charge in [-0.25, -0.2) is 13.2 Å². The maximum atomic E-state index is 12.5. The van der Waals surface area contributed by atoms with Crippen LogP contribution in [0, 0.1) is 0 Å². The van der Waals surface area contributed by atoms with Crippen molar-refractivity contribution in [2.24, 2.45) is 0 Å². The van der Waals surface area contributed by atoms with Crippen molar-refractivity contribution >= 4 is 39.2 Å². The maximum Gasteiger partial charge on any atom is 0.337 e. The minimum Gasteiger partial charge on any atom is -0.465 e. The lowest BCUT2D eigenvalue weighted by Gasteiger charge is -2.26. The first-order valence-corrected chi connectivity index (χ1v) is 11.1. The SMILES string of the molecule is COC(=O)c1ccc(Cl)c(NC(=O)c2ccc(CS(=O)(=O)N3CCOCC3)cc2)c1. The first-order chi connectivity index (χ1) is 14.3. The van der Waals surface area contributed by atoms with Crippen molar-refractivity contribution in [3.63, 3.8) is 0 Å². The molecular formula is C20H21ClN2O6S. The van der Waals surface area contributed by atoms with Gasteiger partial charge in [-0.05, 0) is 35.9 Å². The Hall–Kier alpha value is -2.46. The topological polar surface area (TPSA) is 102 Å². The van der Waals surface area contributed by atoms with Gasteiger partial charge < -0.3 is 14.8 Å². The molecule has 2 aromatic carbocycles. The molecule has 1 N–H and O–H groups in total. The predicted molar refractivity (Wildman–Crippen MR) is 112 cm³/mol. The van der Waals surface area contributed by atoms with Crippen LogP contribution in [0.5, 0.6) is 0 Å². The molecule has 160 valence electrons. The lowest BCUT2D eigenvalue weighted by atomic mass is 10.1. The molecule has 1 fully saturated rings. The van der Waals surface area contributed by atoms with E-state index in [4.69, 9.17) is 16.3 Å². The normalized spacial score (nSPS) is 14.9. The third-order valence-corrected chi connectivity index (χ3v) is 6.74. The number of anilines is 1. The summed E-state index contributed by atoms with van der Waals surface area (Å²) in [5.41, 5.74) is 1.41. The molecule has 0 radical (unpaired) electrons. The molecule has 3 rings (SSSR count). The zero-order chi connectivity index (χ0) is 21.7. The molecule has 1 aliphatic rings. The number of ether oxygens (including phenoxy) is 2. The van der Waals surface area contributed by atoms with Crippen LogP contribution in [0.1, 0.15) is 26.3 Å². The largest absolute Gasteiger partial charge is 0.465 e. The molecular weight excluding hydrogens is 432 g/mol. The van der Waals surface area contributed by atoms with Crippen LogP contribution >= 0.6 is 11.6 Å². The summed E-state index contributed by atoms with van der Waals surface area (Å²) in [6.07, 6.45) is 0. The highest BCUT2D eigenvalue weighted by Gasteiger charge is 2.24. The number of morpholine rings is 1. The number of benzene rings is 2. The van der Waals surface area contributed by atoms with E-state index in [1.54, 1.807) is 12.1 Å². The second-order valence-electron chi connectivity index (χ2n) is 6.60. The third kappa shape index (κ3) is 5.37. The van der Waals surface area contributed by atoms with Gasteiger partial charge in [0.15, 0.2) is 0 Å². The van der Waals surface area contributed by atoms with Crippen LogP contribution in [0.3, 0.4) is 0 Å². The number of hydrogen-bond acceptors (Lipinski definition) is 6. The van der Waals surface area contributed by atoms with Crippen molar-refractivity contribution in [1.29, 1.82) is 0 Å². The summed E-state index contributed by atoms with van der Waals surface area (Å²) < 4.78 is 36.3. The fraction of sp³-hybridized carbons (Fsp3) is 0.300. The van der Waals surface area contributed by atoms with Gasteiger partial charge in [0.25, 0.3) is 5.91 Å². The highest BCUT2D eigenvalue weighted by molar-refractivity contribution is 7.88. The number of carbonyl (C=O) groups is 2. The van der Waals surface area contributed by atoms with Gasteiger partial charge in [0.05, 0.1) is 42.3 Å². The summed E-state index contributed by atoms with van der Waals surface area (Å²) in [5, 5.41) is 2.91. The molecule has 30 heavy (non-hydrogen) atoms. The number of hydrogen-bond donors (Lipinski definition) is 1. The summed E-state index contributed by atoms with van der Waals surface area (Å²) in [6, 6.07) is 10.7. The number of amides is 1. The average Bonchev–Trinajstić information content (AvgIpc) is 2.75. The van der Waals surface area contributed by atoms with Crippen molar-refractivity contribution < 1.29 is 27.5 Å². The van der Waals surface area contributed by atoms with E-state index in [2.05, 4.69) is 10.1 Å². The van der Waals surface area contributed by atoms with Crippen LogP contribution in [-0.4, -0.2) is 58.0 Å². The van der Waals surface area contributed by atoms with Crippen LogP contribution < -0.4 is 5.32 Å². The van der Waals surface area contributed by atoms with Gasteiger partial charge in [0.2, 0.25) is 10.0 Å². The molecule has 0 spiro atoms. The van der Waals surface area contributed by atoms with E-state index in [1.165, 1.54) is 41.7 Å². The first-order valence-electron chi connectivity index (χ1n) is 9.14. The number of carbonyl (C=O) groups excluding carboxylic acids is 2. The quantitative estimate of drug-likeness (QED) is 0.676. The molecule has 0 aromatic heterocycles. The Labute approximate surface area is 179 Å². The second-order valence-corrected chi connectivity index (χ2v) is 8.98. The molecule has 1 aliphatic heterocycles. The van der Waals surface area contributed by atoms with E-state index < -0.39 is 21.9 Å². The Morgan fingerprint density at radius 3 is 2.37 bits per heavy atom. The van der Waals surface area contributed by atoms with Gasteiger partial charge in [-0.3, -0.25) is 4.79 Å². The second kappa shape index (κ2) is 9.57. The molecule has 10 heteroatoms. The summed E-state index contributed by atoms with van der Waals surface area (Å²) in [7, 11) is -2.19. The van der Waals surface area contributed by atoms with E-state index in [0.29, 0.717) is 37.4 Å². The first kappa shape index (κ1) is 22.2. The van der Waals surface area contributed by atoms with E-state index in [-0.39, 0.29) is 22.0 Å². The minimum atomic E-state index is -3.45. The lowest BCUT2D eigenvalue weighted by molar-refractivity contribution is 0.0600. The smallest absolute Gasteiger partial charge is 0.337 e. The van der Waals surface area contributed by atoms with Gasteiger partial charge in [0.1, 0.15) is 0 Å². The van der Waals surface area contributed by atoms with Gasteiger partial charge >= 0.3 is 5.97 Å². The van der Waals surface area contributed by atoms with Gasteiger partial charge in [-0.1, -0.05) is 23.7 Å². The average molecular weight is 453 g/mol. The van der Waals surface area contributed by atoms with Gasteiger partial charge in [0, 0.05) is 18.7 Å². The molecule has 0 saturated carbocycles. The summed E-state index contributed by atoms with van der Waals surface area (Å²) >= 11 is 6.10. The molecule has 0 unspecified atom stereocenters. The molecule has 0 bridgehead atoms. The number of nitrogens with one attached hydrogen (secondary N) is 1. The fourth-order valence-corrected chi connectivity index (χ4v) is 4.61. The van der Waals surface area contributed by atoms with Crippen LogP contribution in [0.15, 0.2) is 42.5 Å². The van der Waals surface area contributed by atoms with Gasteiger partial charge in [-0.15, -0.1) is 0 Å². The molecule has 1 saturated heterocycles. The molecule has 8 nitrogen and oxygen atoms in total.